The third-order valence-electron chi connectivity index (χ3n) is 7.94. The van der Waals surface area contributed by atoms with Crippen LogP contribution in [-0.4, -0.2) is 64.4 Å². The van der Waals surface area contributed by atoms with Crippen LogP contribution in [0.1, 0.15) is 52.7 Å². The van der Waals surface area contributed by atoms with Crippen molar-refractivity contribution in [2.45, 2.75) is 45.2 Å². The van der Waals surface area contributed by atoms with E-state index in [2.05, 4.69) is 14.9 Å². The quantitative estimate of drug-likeness (QED) is 0.236. The van der Waals surface area contributed by atoms with Crippen LogP contribution in [0.15, 0.2) is 42.5 Å². The molecule has 0 bridgehead atoms. The molecule has 2 aromatic carbocycles. The number of carboxylic acid groups (broad SMARTS) is 1. The van der Waals surface area contributed by atoms with E-state index in [4.69, 9.17) is 26.2 Å². The van der Waals surface area contributed by atoms with Crippen LogP contribution in [0, 0.1) is 19.7 Å². The van der Waals surface area contributed by atoms with Crippen LogP contribution in [0.4, 0.5) is 15.0 Å². The van der Waals surface area contributed by atoms with Gasteiger partial charge < -0.3 is 19.5 Å². The molecule has 11 heteroatoms. The number of carbonyl (C=O) groups excluding carboxylic acids is 1. The van der Waals surface area contributed by atoms with Crippen molar-refractivity contribution in [1.29, 1.82) is 0 Å². The molecule has 0 saturated carbocycles. The molecule has 0 spiro atoms. The zero-order valence-electron chi connectivity index (χ0n) is 22.6. The van der Waals surface area contributed by atoms with Crippen molar-refractivity contribution < 1.29 is 33.0 Å². The molecule has 1 unspecified atom stereocenters. The molecule has 3 aromatic rings. The molecule has 2 aliphatic heterocycles. The lowest BCUT2D eigenvalue weighted by Gasteiger charge is -2.49. The first kappa shape index (κ1) is 27.8. The van der Waals surface area contributed by atoms with E-state index in [0.717, 1.165) is 17.6 Å². The fourth-order valence-corrected chi connectivity index (χ4v) is 6.30. The third kappa shape index (κ3) is 5.21. The number of anilines is 1. The molecular formula is C29H31ClFN4O5+. The summed E-state index contributed by atoms with van der Waals surface area (Å²) in [6, 6.07) is 10.6. The lowest BCUT2D eigenvalue weighted by molar-refractivity contribution is -0.888. The molecule has 1 amide bonds. The average molecular weight is 570 g/mol. The number of hydrogen-bond acceptors (Lipinski definition) is 7. The van der Waals surface area contributed by atoms with Crippen molar-refractivity contribution >= 4 is 29.5 Å². The standard InChI is InChI=1S/C29H30ClFN4O5/c1-17-14-26(33-18(2)32-17)34-11-8-19(9-12-34)35(3,28(36)21-6-4-5-7-23(21)30)25-10-13-39-27-22(25)15-20(16-24(27)31)40-29(37)38/h4-7,14-16,19,25H,8-13H2,1-3H3/p+1/t25-,35?/m1/s1. The van der Waals surface area contributed by atoms with E-state index in [0.29, 0.717) is 54.3 Å². The van der Waals surface area contributed by atoms with Gasteiger partial charge in [0.1, 0.15) is 23.4 Å². The number of hydrogen-bond donors (Lipinski definition) is 1. The van der Waals surface area contributed by atoms with Crippen LogP contribution in [0.25, 0.3) is 0 Å². The molecule has 1 N–H and O–H groups in total. The van der Waals surface area contributed by atoms with E-state index >= 15 is 4.39 Å². The molecule has 40 heavy (non-hydrogen) atoms. The first-order valence-electron chi connectivity index (χ1n) is 13.2. The Kier molecular flexibility index (Phi) is 7.65. The fourth-order valence-electron chi connectivity index (χ4n) is 6.08. The van der Waals surface area contributed by atoms with Crippen molar-refractivity contribution in [3.8, 4) is 11.5 Å². The largest absolute Gasteiger partial charge is 0.511 e. The highest BCUT2D eigenvalue weighted by molar-refractivity contribution is 6.33. The molecule has 1 fully saturated rings. The van der Waals surface area contributed by atoms with Gasteiger partial charge in [0.05, 0.1) is 35.8 Å². The number of halogens is 2. The number of carbonyl (C=O) groups is 2. The minimum atomic E-state index is -1.56. The summed E-state index contributed by atoms with van der Waals surface area (Å²) < 4.78 is 25.6. The predicted molar refractivity (Wildman–Crippen MR) is 147 cm³/mol. The minimum Gasteiger partial charge on any atom is -0.490 e. The maximum atomic E-state index is 15.1. The van der Waals surface area contributed by atoms with Crippen molar-refractivity contribution in [3.05, 3.63) is 75.9 Å². The van der Waals surface area contributed by atoms with Gasteiger partial charge in [-0.1, -0.05) is 23.7 Å². The molecule has 1 saturated heterocycles. The minimum absolute atomic E-state index is 0.00895. The Labute approximate surface area is 236 Å². The molecule has 0 radical (unpaired) electrons. The molecule has 1 aromatic heterocycles. The Morgan fingerprint density at radius 3 is 2.52 bits per heavy atom. The van der Waals surface area contributed by atoms with Crippen LogP contribution < -0.4 is 14.4 Å². The predicted octanol–water partition coefficient (Wildman–Crippen LogP) is 5.72. The van der Waals surface area contributed by atoms with Crippen molar-refractivity contribution in [3.63, 3.8) is 0 Å². The second-order valence-corrected chi connectivity index (χ2v) is 10.8. The summed E-state index contributed by atoms with van der Waals surface area (Å²) in [5.74, 6) is 0.464. The van der Waals surface area contributed by atoms with Crippen molar-refractivity contribution in [2.24, 2.45) is 0 Å². The highest BCUT2D eigenvalue weighted by atomic mass is 35.5. The molecule has 0 aliphatic carbocycles. The second-order valence-electron chi connectivity index (χ2n) is 10.4. The number of benzene rings is 2. The lowest BCUT2D eigenvalue weighted by atomic mass is 9.89. The summed E-state index contributed by atoms with van der Waals surface area (Å²) in [4.78, 5) is 36.9. The highest BCUT2D eigenvalue weighted by Gasteiger charge is 2.51. The monoisotopic (exact) mass is 569 g/mol. The number of aromatic nitrogens is 2. The summed E-state index contributed by atoms with van der Waals surface area (Å²) in [6.45, 7) is 5.33. The number of aryl methyl sites for hydroxylation is 2. The number of quaternary nitrogens is 1. The molecular weight excluding hydrogens is 539 g/mol. The van der Waals surface area contributed by atoms with Gasteiger partial charge in [-0.2, -0.15) is 0 Å². The molecule has 9 nitrogen and oxygen atoms in total. The van der Waals surface area contributed by atoms with Crippen LogP contribution in [-0.2, 0) is 0 Å². The first-order valence-corrected chi connectivity index (χ1v) is 13.5. The Bertz CT molecular complexity index is 1440. The SMILES string of the molecule is Cc1cc(N2CCC([N+](C)(C(=O)c3ccccc3Cl)[C@@H]3CCOc4c(F)cc(OC(=O)O)cc43)CC2)nc(C)n1. The van der Waals surface area contributed by atoms with E-state index < -0.39 is 18.0 Å². The van der Waals surface area contributed by atoms with E-state index in [1.165, 1.54) is 6.07 Å². The zero-order valence-corrected chi connectivity index (χ0v) is 23.3. The van der Waals surface area contributed by atoms with E-state index in [-0.39, 0.29) is 34.5 Å². The zero-order chi connectivity index (χ0) is 28.6. The van der Waals surface area contributed by atoms with E-state index in [1.807, 2.05) is 27.0 Å². The van der Waals surface area contributed by atoms with Gasteiger partial charge in [0.15, 0.2) is 11.6 Å². The van der Waals surface area contributed by atoms with Gasteiger partial charge in [0.2, 0.25) is 0 Å². The smallest absolute Gasteiger partial charge is 0.490 e. The summed E-state index contributed by atoms with van der Waals surface area (Å²) in [5, 5.41) is 9.49. The van der Waals surface area contributed by atoms with Gasteiger partial charge in [-0.05, 0) is 32.0 Å². The van der Waals surface area contributed by atoms with Crippen molar-refractivity contribution in [2.75, 3.05) is 31.6 Å². The van der Waals surface area contributed by atoms with Gasteiger partial charge in [0, 0.05) is 50.2 Å². The Balaban J connectivity index is 1.56. The van der Waals surface area contributed by atoms with Gasteiger partial charge >= 0.3 is 12.1 Å². The number of fused-ring (bicyclic) bond motifs is 1. The van der Waals surface area contributed by atoms with Gasteiger partial charge in [-0.15, -0.1) is 0 Å². The fraction of sp³-hybridized carbons (Fsp3) is 0.379. The Morgan fingerprint density at radius 2 is 1.85 bits per heavy atom. The molecule has 3 heterocycles. The lowest BCUT2D eigenvalue weighted by Crippen LogP contribution is -2.61. The maximum absolute atomic E-state index is 15.1. The van der Waals surface area contributed by atoms with Crippen LogP contribution in [0.5, 0.6) is 11.5 Å². The van der Waals surface area contributed by atoms with Crippen LogP contribution in [0.2, 0.25) is 5.02 Å². The number of ether oxygens (including phenoxy) is 2. The number of amides is 1. The average Bonchev–Trinajstić information content (AvgIpc) is 2.91. The highest BCUT2D eigenvalue weighted by Crippen LogP contribution is 2.46. The number of piperidine rings is 1. The van der Waals surface area contributed by atoms with Crippen molar-refractivity contribution in [1.82, 2.24) is 9.97 Å². The summed E-state index contributed by atoms with van der Waals surface area (Å²) in [7, 11) is 1.87. The van der Waals surface area contributed by atoms with E-state index in [9.17, 15) is 9.59 Å². The third-order valence-corrected chi connectivity index (χ3v) is 8.27. The molecule has 2 atom stereocenters. The van der Waals surface area contributed by atoms with Crippen LogP contribution in [0.3, 0.4) is 0 Å². The Morgan fingerprint density at radius 1 is 1.12 bits per heavy atom. The molecule has 5 rings (SSSR count). The van der Waals surface area contributed by atoms with Gasteiger partial charge in [-0.3, -0.25) is 0 Å². The van der Waals surface area contributed by atoms with Gasteiger partial charge in [0.25, 0.3) is 0 Å². The second kappa shape index (κ2) is 11.0. The van der Waals surface area contributed by atoms with Crippen LogP contribution >= 0.6 is 11.6 Å². The number of nitrogens with zero attached hydrogens (tertiary/aromatic N) is 4. The normalized spacial score (nSPS) is 18.8. The van der Waals surface area contributed by atoms with Gasteiger partial charge in [-0.25, -0.2) is 28.4 Å². The Hall–Kier alpha value is -3.76. The topological polar surface area (TPSA) is 102 Å². The molecule has 2 aliphatic rings. The maximum Gasteiger partial charge on any atom is 0.511 e. The number of rotatable bonds is 5. The summed E-state index contributed by atoms with van der Waals surface area (Å²) in [6.07, 6.45) is 0.185. The van der Waals surface area contributed by atoms with E-state index in [1.54, 1.807) is 24.3 Å². The first-order chi connectivity index (χ1) is 19.1. The molecule has 210 valence electrons. The summed E-state index contributed by atoms with van der Waals surface area (Å²) in [5.41, 5.74) is 1.66. The summed E-state index contributed by atoms with van der Waals surface area (Å²) >= 11 is 6.52.